The minimum Gasteiger partial charge on any atom is -0.488 e. The van der Waals surface area contributed by atoms with Crippen LogP contribution >= 0.6 is 11.8 Å². The maximum atomic E-state index is 13.1. The number of hydrogen-bond donors (Lipinski definition) is 0. The summed E-state index contributed by atoms with van der Waals surface area (Å²) < 4.78 is 5.93. The topological polar surface area (TPSA) is 89.7 Å². The van der Waals surface area contributed by atoms with Gasteiger partial charge in [-0.3, -0.25) is 24.6 Å². The number of carbonyl (C=O) groups is 2. The van der Waals surface area contributed by atoms with Crippen LogP contribution in [0, 0.1) is 10.1 Å². The van der Waals surface area contributed by atoms with E-state index in [1.54, 1.807) is 24.3 Å². The summed E-state index contributed by atoms with van der Waals surface area (Å²) in [5.74, 6) is 0.195. The third kappa shape index (κ3) is 4.99. The van der Waals surface area contributed by atoms with Gasteiger partial charge in [-0.15, -0.1) is 0 Å². The van der Waals surface area contributed by atoms with Crippen LogP contribution in [0.2, 0.25) is 0 Å². The Morgan fingerprint density at radius 3 is 2.33 bits per heavy atom. The van der Waals surface area contributed by atoms with Gasteiger partial charge in [0.05, 0.1) is 16.4 Å². The Bertz CT molecular complexity index is 1510. The largest absolute Gasteiger partial charge is 0.488 e. The van der Waals surface area contributed by atoms with Crippen molar-refractivity contribution in [2.45, 2.75) is 13.2 Å². The molecule has 2 amide bonds. The molecule has 0 aliphatic carbocycles. The SMILES string of the molecule is O=C1S/C(=C\c2ccccc2OCc2ccc([N+](=O)[O-])cc2)C(=O)N1Cc1ccc2ccccc2c1. The highest BCUT2D eigenvalue weighted by Gasteiger charge is 2.35. The Kier molecular flexibility index (Phi) is 6.51. The van der Waals surface area contributed by atoms with E-state index in [9.17, 15) is 19.7 Å². The lowest BCUT2D eigenvalue weighted by Crippen LogP contribution is -2.27. The van der Waals surface area contributed by atoms with Crippen LogP contribution in [0.15, 0.2) is 95.9 Å². The molecule has 1 aliphatic heterocycles. The molecule has 5 rings (SSSR count). The van der Waals surface area contributed by atoms with Gasteiger partial charge in [-0.2, -0.15) is 0 Å². The van der Waals surface area contributed by atoms with Crippen LogP contribution in [-0.4, -0.2) is 21.0 Å². The lowest BCUT2D eigenvalue weighted by atomic mass is 10.1. The van der Waals surface area contributed by atoms with Crippen molar-refractivity contribution in [3.63, 3.8) is 0 Å². The van der Waals surface area contributed by atoms with Gasteiger partial charge in [-0.1, -0.05) is 54.6 Å². The summed E-state index contributed by atoms with van der Waals surface area (Å²) in [6.07, 6.45) is 1.66. The van der Waals surface area contributed by atoms with Gasteiger partial charge in [-0.05, 0) is 64.0 Å². The second-order valence-electron chi connectivity index (χ2n) is 8.20. The number of amides is 2. The maximum Gasteiger partial charge on any atom is 0.293 e. The first kappa shape index (κ1) is 23.3. The summed E-state index contributed by atoms with van der Waals surface area (Å²) in [6, 6.07) is 27.2. The molecule has 0 bridgehead atoms. The van der Waals surface area contributed by atoms with E-state index in [4.69, 9.17) is 4.74 Å². The third-order valence-corrected chi connectivity index (χ3v) is 6.68. The molecular weight excluding hydrogens is 476 g/mol. The average molecular weight is 497 g/mol. The highest BCUT2D eigenvalue weighted by molar-refractivity contribution is 8.18. The summed E-state index contributed by atoms with van der Waals surface area (Å²) in [6.45, 7) is 0.400. The van der Waals surface area contributed by atoms with Gasteiger partial charge in [0.1, 0.15) is 12.4 Å². The molecule has 7 nitrogen and oxygen atoms in total. The average Bonchev–Trinajstić information content (AvgIpc) is 3.15. The van der Waals surface area contributed by atoms with Crippen LogP contribution in [0.5, 0.6) is 5.75 Å². The zero-order valence-corrected chi connectivity index (χ0v) is 19.8. The molecular formula is C28H20N2O5S. The van der Waals surface area contributed by atoms with Crippen molar-refractivity contribution >= 4 is 45.4 Å². The van der Waals surface area contributed by atoms with Crippen molar-refractivity contribution in [1.29, 1.82) is 0 Å². The van der Waals surface area contributed by atoms with E-state index in [1.807, 2.05) is 60.7 Å². The second-order valence-corrected chi connectivity index (χ2v) is 9.19. The number of imide groups is 1. The number of fused-ring (bicyclic) bond motifs is 1. The summed E-state index contributed by atoms with van der Waals surface area (Å²) in [7, 11) is 0. The van der Waals surface area contributed by atoms with Crippen molar-refractivity contribution in [3.8, 4) is 5.75 Å². The van der Waals surface area contributed by atoms with Crippen molar-refractivity contribution in [1.82, 2.24) is 4.90 Å². The number of para-hydroxylation sites is 1. The zero-order valence-electron chi connectivity index (χ0n) is 19.0. The quantitative estimate of drug-likeness (QED) is 0.163. The first-order valence-electron chi connectivity index (χ1n) is 11.2. The minimum absolute atomic E-state index is 0.0126. The molecule has 0 saturated carbocycles. The number of rotatable bonds is 7. The predicted octanol–water partition coefficient (Wildman–Crippen LogP) is 6.56. The number of carbonyl (C=O) groups excluding carboxylic acids is 2. The van der Waals surface area contributed by atoms with Crippen LogP contribution < -0.4 is 4.74 Å². The van der Waals surface area contributed by atoms with Crippen molar-refractivity contribution in [3.05, 3.63) is 123 Å². The molecule has 0 aromatic heterocycles. The smallest absolute Gasteiger partial charge is 0.293 e. The fourth-order valence-corrected chi connectivity index (χ4v) is 4.73. The molecule has 8 heteroatoms. The van der Waals surface area contributed by atoms with Crippen LogP contribution in [-0.2, 0) is 17.9 Å². The molecule has 36 heavy (non-hydrogen) atoms. The van der Waals surface area contributed by atoms with Gasteiger partial charge in [0, 0.05) is 17.7 Å². The van der Waals surface area contributed by atoms with Gasteiger partial charge >= 0.3 is 0 Å². The van der Waals surface area contributed by atoms with E-state index in [0.717, 1.165) is 33.7 Å². The number of thioether (sulfide) groups is 1. The Hall–Kier alpha value is -4.43. The fraction of sp³-hybridized carbons (Fsp3) is 0.0714. The Labute approximate surface area is 211 Å². The molecule has 1 aliphatic rings. The number of ether oxygens (including phenoxy) is 1. The molecule has 0 N–H and O–H groups in total. The summed E-state index contributed by atoms with van der Waals surface area (Å²) in [4.78, 5) is 37.7. The monoisotopic (exact) mass is 496 g/mol. The molecule has 1 heterocycles. The Morgan fingerprint density at radius 2 is 1.56 bits per heavy atom. The molecule has 0 radical (unpaired) electrons. The second kappa shape index (κ2) is 10.1. The van der Waals surface area contributed by atoms with Crippen LogP contribution in [0.1, 0.15) is 16.7 Å². The number of nitro benzene ring substituents is 1. The number of non-ortho nitro benzene ring substituents is 1. The molecule has 178 valence electrons. The van der Waals surface area contributed by atoms with E-state index in [0.29, 0.717) is 16.2 Å². The molecule has 4 aromatic rings. The number of nitrogens with zero attached hydrogens (tertiary/aromatic N) is 2. The normalized spacial score (nSPS) is 14.6. The van der Waals surface area contributed by atoms with Crippen molar-refractivity contribution in [2.24, 2.45) is 0 Å². The third-order valence-electron chi connectivity index (χ3n) is 5.78. The van der Waals surface area contributed by atoms with Gasteiger partial charge in [0.15, 0.2) is 0 Å². The lowest BCUT2D eigenvalue weighted by Gasteiger charge is -2.13. The summed E-state index contributed by atoms with van der Waals surface area (Å²) in [5, 5.41) is 12.7. The first-order chi connectivity index (χ1) is 17.5. The van der Waals surface area contributed by atoms with E-state index in [2.05, 4.69) is 0 Å². The standard InChI is InChI=1S/C28H20N2O5S/c31-27-26(36-28(32)29(27)17-20-9-12-21-5-1-2-6-22(21)15-20)16-23-7-3-4-8-25(23)35-18-19-10-13-24(14-11-19)30(33)34/h1-16H,17-18H2/b26-16-. The Balaban J connectivity index is 1.31. The van der Waals surface area contributed by atoms with E-state index in [-0.39, 0.29) is 30.0 Å². The van der Waals surface area contributed by atoms with Gasteiger partial charge in [0.25, 0.3) is 16.8 Å². The highest BCUT2D eigenvalue weighted by atomic mass is 32.2. The van der Waals surface area contributed by atoms with Crippen molar-refractivity contribution < 1.29 is 19.2 Å². The van der Waals surface area contributed by atoms with Gasteiger partial charge < -0.3 is 4.74 Å². The fourth-order valence-electron chi connectivity index (χ4n) is 3.90. The van der Waals surface area contributed by atoms with E-state index < -0.39 is 4.92 Å². The van der Waals surface area contributed by atoms with E-state index in [1.165, 1.54) is 17.0 Å². The predicted molar refractivity (Wildman–Crippen MR) is 139 cm³/mol. The van der Waals surface area contributed by atoms with Crippen LogP contribution in [0.3, 0.4) is 0 Å². The van der Waals surface area contributed by atoms with Crippen molar-refractivity contribution in [2.75, 3.05) is 0 Å². The summed E-state index contributed by atoms with van der Waals surface area (Å²) >= 11 is 0.906. The number of benzene rings is 4. The van der Waals surface area contributed by atoms with Gasteiger partial charge in [-0.25, -0.2) is 0 Å². The zero-order chi connectivity index (χ0) is 25.1. The highest BCUT2D eigenvalue weighted by Crippen LogP contribution is 2.35. The van der Waals surface area contributed by atoms with Gasteiger partial charge in [0.2, 0.25) is 0 Å². The Morgan fingerprint density at radius 1 is 0.861 bits per heavy atom. The van der Waals surface area contributed by atoms with Crippen LogP contribution in [0.4, 0.5) is 10.5 Å². The molecule has 1 fully saturated rings. The minimum atomic E-state index is -0.451. The molecule has 1 saturated heterocycles. The summed E-state index contributed by atoms with van der Waals surface area (Å²) in [5.41, 5.74) is 2.32. The number of hydrogen-bond acceptors (Lipinski definition) is 6. The number of nitro groups is 1. The van der Waals surface area contributed by atoms with E-state index >= 15 is 0 Å². The van der Waals surface area contributed by atoms with Crippen LogP contribution in [0.25, 0.3) is 16.8 Å². The molecule has 0 spiro atoms. The maximum absolute atomic E-state index is 13.1. The molecule has 4 aromatic carbocycles. The molecule has 0 unspecified atom stereocenters. The first-order valence-corrected chi connectivity index (χ1v) is 12.0. The lowest BCUT2D eigenvalue weighted by molar-refractivity contribution is -0.384. The molecule has 0 atom stereocenters.